The number of carbonyl (C=O) groups is 1. The fourth-order valence-corrected chi connectivity index (χ4v) is 2.06. The van der Waals surface area contributed by atoms with Crippen molar-refractivity contribution in [3.05, 3.63) is 60.2 Å². The van der Waals surface area contributed by atoms with E-state index < -0.39 is 6.09 Å². The summed E-state index contributed by atoms with van der Waals surface area (Å²) in [5.74, 6) is 0. The Bertz CT molecular complexity index is 600. The molecule has 0 aliphatic carbocycles. The quantitative estimate of drug-likeness (QED) is 0.850. The molecule has 0 bridgehead atoms. The van der Waals surface area contributed by atoms with Crippen molar-refractivity contribution in [2.24, 2.45) is 0 Å². The van der Waals surface area contributed by atoms with Gasteiger partial charge in [0.05, 0.1) is 11.4 Å². The summed E-state index contributed by atoms with van der Waals surface area (Å²) in [5.41, 5.74) is 2.40. The SMILES string of the molecule is CC(C)(C)c1cccc(N(C(=O)O)c2ccccc2)c1. The highest BCUT2D eigenvalue weighted by atomic mass is 16.4. The van der Waals surface area contributed by atoms with Crippen LogP contribution in [-0.2, 0) is 5.41 Å². The molecule has 0 atom stereocenters. The molecule has 2 aromatic rings. The van der Waals surface area contributed by atoms with Gasteiger partial charge in [0, 0.05) is 0 Å². The fourth-order valence-electron chi connectivity index (χ4n) is 2.06. The molecule has 3 nitrogen and oxygen atoms in total. The average molecular weight is 269 g/mol. The monoisotopic (exact) mass is 269 g/mol. The lowest BCUT2D eigenvalue weighted by molar-refractivity contribution is 0.205. The molecule has 1 N–H and O–H groups in total. The normalized spacial score (nSPS) is 11.2. The Morgan fingerprint density at radius 1 is 0.950 bits per heavy atom. The fraction of sp³-hybridized carbons (Fsp3) is 0.235. The molecule has 0 heterocycles. The van der Waals surface area contributed by atoms with Crippen molar-refractivity contribution in [1.29, 1.82) is 0 Å². The molecule has 2 aromatic carbocycles. The Labute approximate surface area is 119 Å². The van der Waals surface area contributed by atoms with Crippen LogP contribution in [0.2, 0.25) is 0 Å². The summed E-state index contributed by atoms with van der Waals surface area (Å²) in [4.78, 5) is 12.9. The summed E-state index contributed by atoms with van der Waals surface area (Å²) in [7, 11) is 0. The van der Waals surface area contributed by atoms with Crippen LogP contribution < -0.4 is 4.90 Å². The van der Waals surface area contributed by atoms with Crippen LogP contribution in [0.15, 0.2) is 54.6 Å². The third-order valence-corrected chi connectivity index (χ3v) is 3.18. The average Bonchev–Trinajstić information content (AvgIpc) is 2.39. The van der Waals surface area contributed by atoms with Crippen molar-refractivity contribution < 1.29 is 9.90 Å². The Balaban J connectivity index is 2.49. The van der Waals surface area contributed by atoms with E-state index >= 15 is 0 Å². The minimum atomic E-state index is -0.984. The summed E-state index contributed by atoms with van der Waals surface area (Å²) in [6.45, 7) is 6.33. The van der Waals surface area contributed by atoms with Crippen molar-refractivity contribution in [2.45, 2.75) is 26.2 Å². The number of carboxylic acid groups (broad SMARTS) is 1. The largest absolute Gasteiger partial charge is 0.464 e. The molecule has 2 rings (SSSR count). The van der Waals surface area contributed by atoms with E-state index in [1.165, 1.54) is 4.90 Å². The third kappa shape index (κ3) is 2.99. The van der Waals surface area contributed by atoms with Gasteiger partial charge in [-0.1, -0.05) is 51.1 Å². The molecule has 0 saturated heterocycles. The highest BCUT2D eigenvalue weighted by Crippen LogP contribution is 2.30. The van der Waals surface area contributed by atoms with E-state index in [1.54, 1.807) is 12.1 Å². The maximum absolute atomic E-state index is 11.6. The van der Waals surface area contributed by atoms with Gasteiger partial charge in [0.25, 0.3) is 0 Å². The van der Waals surface area contributed by atoms with Gasteiger partial charge in [0.2, 0.25) is 0 Å². The van der Waals surface area contributed by atoms with Gasteiger partial charge in [0.1, 0.15) is 0 Å². The molecule has 20 heavy (non-hydrogen) atoms. The van der Waals surface area contributed by atoms with E-state index in [4.69, 9.17) is 0 Å². The molecule has 0 unspecified atom stereocenters. The molecule has 104 valence electrons. The second-order valence-electron chi connectivity index (χ2n) is 5.75. The van der Waals surface area contributed by atoms with Crippen LogP contribution in [0.4, 0.5) is 16.2 Å². The Hall–Kier alpha value is -2.29. The van der Waals surface area contributed by atoms with Crippen LogP contribution in [0.5, 0.6) is 0 Å². The van der Waals surface area contributed by atoms with Crippen LogP contribution in [0, 0.1) is 0 Å². The predicted molar refractivity (Wildman–Crippen MR) is 81.7 cm³/mol. The van der Waals surface area contributed by atoms with E-state index in [1.807, 2.05) is 42.5 Å². The summed E-state index contributed by atoms with van der Waals surface area (Å²) in [6.07, 6.45) is -0.984. The molecule has 0 aliphatic rings. The molecule has 0 radical (unpaired) electrons. The van der Waals surface area contributed by atoms with E-state index in [2.05, 4.69) is 20.8 Å². The number of hydrogen-bond donors (Lipinski definition) is 1. The second kappa shape index (κ2) is 5.37. The first-order valence-electron chi connectivity index (χ1n) is 6.58. The van der Waals surface area contributed by atoms with Crippen LogP contribution in [-0.4, -0.2) is 11.2 Å². The number of anilines is 2. The third-order valence-electron chi connectivity index (χ3n) is 3.18. The Morgan fingerprint density at radius 2 is 1.55 bits per heavy atom. The van der Waals surface area contributed by atoms with Crippen LogP contribution >= 0.6 is 0 Å². The summed E-state index contributed by atoms with van der Waals surface area (Å²) in [6, 6.07) is 16.8. The van der Waals surface area contributed by atoms with Gasteiger partial charge in [-0.05, 0) is 35.2 Å². The Morgan fingerprint density at radius 3 is 2.10 bits per heavy atom. The number of hydrogen-bond acceptors (Lipinski definition) is 1. The molecule has 3 heteroatoms. The second-order valence-corrected chi connectivity index (χ2v) is 5.75. The van der Waals surface area contributed by atoms with Gasteiger partial charge in [0.15, 0.2) is 0 Å². The van der Waals surface area contributed by atoms with Gasteiger partial charge in [-0.15, -0.1) is 0 Å². The van der Waals surface area contributed by atoms with Crippen LogP contribution in [0.25, 0.3) is 0 Å². The van der Waals surface area contributed by atoms with Gasteiger partial charge < -0.3 is 5.11 Å². The lowest BCUT2D eigenvalue weighted by atomic mass is 9.87. The first-order chi connectivity index (χ1) is 9.39. The first-order valence-corrected chi connectivity index (χ1v) is 6.58. The number of benzene rings is 2. The van der Waals surface area contributed by atoms with Crippen molar-refractivity contribution in [3.8, 4) is 0 Å². The molecular formula is C17H19NO2. The number of nitrogens with zero attached hydrogens (tertiary/aromatic N) is 1. The van der Waals surface area contributed by atoms with Crippen molar-refractivity contribution >= 4 is 17.5 Å². The zero-order valence-corrected chi connectivity index (χ0v) is 12.0. The molecule has 0 fully saturated rings. The minimum Gasteiger partial charge on any atom is -0.464 e. The standard InChI is InChI=1S/C17H19NO2/c1-17(2,3)13-8-7-11-15(12-13)18(16(19)20)14-9-5-4-6-10-14/h4-12H,1-3H3,(H,19,20). The summed E-state index contributed by atoms with van der Waals surface area (Å²) >= 11 is 0. The minimum absolute atomic E-state index is 0.0170. The van der Waals surface area contributed by atoms with Crippen molar-refractivity contribution in [1.82, 2.24) is 0 Å². The zero-order chi connectivity index (χ0) is 14.8. The van der Waals surface area contributed by atoms with E-state index in [-0.39, 0.29) is 5.41 Å². The highest BCUT2D eigenvalue weighted by Gasteiger charge is 2.19. The first kappa shape index (κ1) is 14.1. The van der Waals surface area contributed by atoms with Crippen LogP contribution in [0.1, 0.15) is 26.3 Å². The number of rotatable bonds is 2. The number of amides is 1. The van der Waals surface area contributed by atoms with E-state index in [9.17, 15) is 9.90 Å². The molecule has 0 aromatic heterocycles. The summed E-state index contributed by atoms with van der Waals surface area (Å²) < 4.78 is 0. The van der Waals surface area contributed by atoms with Crippen LogP contribution in [0.3, 0.4) is 0 Å². The van der Waals surface area contributed by atoms with E-state index in [0.29, 0.717) is 11.4 Å². The van der Waals surface area contributed by atoms with Crippen molar-refractivity contribution in [2.75, 3.05) is 4.90 Å². The molecule has 0 aliphatic heterocycles. The maximum atomic E-state index is 11.6. The van der Waals surface area contributed by atoms with Gasteiger partial charge in [-0.3, -0.25) is 0 Å². The lowest BCUT2D eigenvalue weighted by Gasteiger charge is -2.24. The molecule has 1 amide bonds. The summed E-state index contributed by atoms with van der Waals surface area (Å²) in [5, 5.41) is 9.50. The number of para-hydroxylation sites is 1. The topological polar surface area (TPSA) is 40.5 Å². The molecular weight excluding hydrogens is 250 g/mol. The zero-order valence-electron chi connectivity index (χ0n) is 12.0. The van der Waals surface area contributed by atoms with Gasteiger partial charge >= 0.3 is 6.09 Å². The molecule has 0 spiro atoms. The highest BCUT2D eigenvalue weighted by molar-refractivity contribution is 5.94. The van der Waals surface area contributed by atoms with E-state index in [0.717, 1.165) is 5.56 Å². The van der Waals surface area contributed by atoms with Gasteiger partial charge in [-0.2, -0.15) is 0 Å². The Kier molecular flexibility index (Phi) is 3.79. The maximum Gasteiger partial charge on any atom is 0.416 e. The van der Waals surface area contributed by atoms with Gasteiger partial charge in [-0.25, -0.2) is 9.69 Å². The molecule has 0 saturated carbocycles. The van der Waals surface area contributed by atoms with Crippen molar-refractivity contribution in [3.63, 3.8) is 0 Å². The predicted octanol–water partition coefficient (Wildman–Crippen LogP) is 4.80. The lowest BCUT2D eigenvalue weighted by Crippen LogP contribution is -2.24. The smallest absolute Gasteiger partial charge is 0.416 e.